The lowest BCUT2D eigenvalue weighted by Crippen LogP contribution is -2.54. The predicted octanol–water partition coefficient (Wildman–Crippen LogP) is 3.67. The molecule has 3 aromatic rings. The summed E-state index contributed by atoms with van der Waals surface area (Å²) in [5.74, 6) is -1.58. The van der Waals surface area contributed by atoms with Crippen LogP contribution in [0, 0.1) is 5.82 Å². The summed E-state index contributed by atoms with van der Waals surface area (Å²) < 4.78 is 18.7. The first-order valence-corrected chi connectivity index (χ1v) is 10.6. The molecule has 0 bridgehead atoms. The van der Waals surface area contributed by atoms with Crippen molar-refractivity contribution in [1.82, 2.24) is 5.32 Å². The Morgan fingerprint density at radius 1 is 1.00 bits per heavy atom. The summed E-state index contributed by atoms with van der Waals surface area (Å²) in [5.41, 5.74) is 1.43. The van der Waals surface area contributed by atoms with Crippen molar-refractivity contribution in [3.8, 4) is 5.75 Å². The van der Waals surface area contributed by atoms with E-state index in [9.17, 15) is 18.8 Å². The first kappa shape index (κ1) is 22.8. The van der Waals surface area contributed by atoms with Crippen LogP contribution in [0.4, 0.5) is 15.8 Å². The van der Waals surface area contributed by atoms with Gasteiger partial charge in [0.1, 0.15) is 17.1 Å². The van der Waals surface area contributed by atoms with Gasteiger partial charge in [0.05, 0.1) is 5.69 Å². The third kappa shape index (κ3) is 5.33. The van der Waals surface area contributed by atoms with Gasteiger partial charge in [0.15, 0.2) is 11.7 Å². The van der Waals surface area contributed by atoms with Gasteiger partial charge in [0, 0.05) is 5.69 Å². The summed E-state index contributed by atoms with van der Waals surface area (Å²) in [7, 11) is 0. The molecule has 0 aliphatic carbocycles. The predicted molar refractivity (Wildman–Crippen MR) is 130 cm³/mol. The van der Waals surface area contributed by atoms with Gasteiger partial charge in [-0.15, -0.1) is 0 Å². The maximum atomic E-state index is 13.3. The minimum Gasteiger partial charge on any atom is -0.484 e. The van der Waals surface area contributed by atoms with E-state index in [-0.39, 0.29) is 23.2 Å². The maximum absolute atomic E-state index is 13.3. The molecule has 34 heavy (non-hydrogen) atoms. The number of anilines is 2. The lowest BCUT2D eigenvalue weighted by Gasteiger charge is -2.28. The molecule has 9 heteroatoms. The molecule has 3 aromatic carbocycles. The van der Waals surface area contributed by atoms with Gasteiger partial charge >= 0.3 is 0 Å². The molecule has 1 heterocycles. The first-order chi connectivity index (χ1) is 16.4. The highest BCUT2D eigenvalue weighted by atomic mass is 32.1. The summed E-state index contributed by atoms with van der Waals surface area (Å²) in [5, 5.41) is 5.11. The van der Waals surface area contributed by atoms with Crippen LogP contribution in [-0.2, 0) is 14.4 Å². The van der Waals surface area contributed by atoms with Crippen molar-refractivity contribution in [1.29, 1.82) is 0 Å². The van der Waals surface area contributed by atoms with E-state index in [4.69, 9.17) is 17.0 Å². The smallest absolute Gasteiger partial charge is 0.270 e. The van der Waals surface area contributed by atoms with Gasteiger partial charge in [-0.05, 0) is 72.4 Å². The fourth-order valence-corrected chi connectivity index (χ4v) is 3.46. The molecule has 2 N–H and O–H groups in total. The number of amides is 3. The molecule has 3 amide bonds. The number of carbonyl (C=O) groups is 3. The summed E-state index contributed by atoms with van der Waals surface area (Å²) >= 11 is 5.12. The lowest BCUT2D eigenvalue weighted by atomic mass is 10.1. The quantitative estimate of drug-likeness (QED) is 0.323. The van der Waals surface area contributed by atoms with Crippen LogP contribution in [0.15, 0.2) is 84.4 Å². The standard InChI is InChI=1S/C25H18FN3O4S/c26-17-8-10-19(11-9-17)29-24(32)21(23(31)28-25(29)34)14-16-6-12-20(13-7-16)33-15-22(30)27-18-4-2-1-3-5-18/h1-14H,15H2,(H,27,30)(H,28,31,34)/b21-14+. The number of halogens is 1. The van der Waals surface area contributed by atoms with Gasteiger partial charge in [-0.3, -0.25) is 24.6 Å². The van der Waals surface area contributed by atoms with E-state index in [1.54, 1.807) is 36.4 Å². The van der Waals surface area contributed by atoms with Crippen LogP contribution in [0.3, 0.4) is 0 Å². The zero-order valence-corrected chi connectivity index (χ0v) is 18.5. The molecule has 1 fully saturated rings. The fourth-order valence-electron chi connectivity index (χ4n) is 3.18. The van der Waals surface area contributed by atoms with Crippen LogP contribution in [0.25, 0.3) is 6.08 Å². The van der Waals surface area contributed by atoms with Gasteiger partial charge in [-0.2, -0.15) is 0 Å². The second-order valence-electron chi connectivity index (χ2n) is 7.21. The molecule has 0 unspecified atom stereocenters. The molecule has 7 nitrogen and oxygen atoms in total. The molecule has 4 rings (SSSR count). The summed E-state index contributed by atoms with van der Waals surface area (Å²) in [6.07, 6.45) is 1.42. The Kier molecular flexibility index (Phi) is 6.74. The molecule has 1 aliphatic heterocycles. The van der Waals surface area contributed by atoms with E-state index in [0.717, 1.165) is 4.90 Å². The number of rotatable bonds is 6. The minimum atomic E-state index is -0.633. The Hall–Kier alpha value is -4.37. The van der Waals surface area contributed by atoms with Crippen molar-refractivity contribution in [2.24, 2.45) is 0 Å². The second kappa shape index (κ2) is 10.1. The number of para-hydroxylation sites is 1. The van der Waals surface area contributed by atoms with Crippen LogP contribution in [0.5, 0.6) is 5.75 Å². The average Bonchev–Trinajstić information content (AvgIpc) is 2.83. The van der Waals surface area contributed by atoms with Crippen molar-refractivity contribution in [2.75, 3.05) is 16.8 Å². The number of ether oxygens (including phenoxy) is 1. The SMILES string of the molecule is O=C(COc1ccc(/C=C2\C(=O)NC(=S)N(c3ccc(F)cc3)C2=O)cc1)Nc1ccccc1. The van der Waals surface area contributed by atoms with Gasteiger partial charge in [0.25, 0.3) is 17.7 Å². The molecular weight excluding hydrogens is 457 g/mol. The summed E-state index contributed by atoms with van der Waals surface area (Å²) in [6, 6.07) is 20.7. The van der Waals surface area contributed by atoms with E-state index in [0.29, 0.717) is 22.7 Å². The van der Waals surface area contributed by atoms with Gasteiger partial charge < -0.3 is 10.1 Å². The normalized spacial score (nSPS) is 14.7. The third-order valence-electron chi connectivity index (χ3n) is 4.81. The van der Waals surface area contributed by atoms with Crippen molar-refractivity contribution in [2.45, 2.75) is 0 Å². The number of nitrogens with zero attached hydrogens (tertiary/aromatic N) is 1. The fraction of sp³-hybridized carbons (Fsp3) is 0.0400. The summed E-state index contributed by atoms with van der Waals surface area (Å²) in [6.45, 7) is -0.180. The Morgan fingerprint density at radius 2 is 1.68 bits per heavy atom. The van der Waals surface area contributed by atoms with E-state index >= 15 is 0 Å². The average molecular weight is 476 g/mol. The van der Waals surface area contributed by atoms with Crippen LogP contribution in [-0.4, -0.2) is 29.4 Å². The van der Waals surface area contributed by atoms with Crippen molar-refractivity contribution in [3.63, 3.8) is 0 Å². The molecular formula is C25H18FN3O4S. The minimum absolute atomic E-state index is 0.0868. The van der Waals surface area contributed by atoms with E-state index in [1.165, 1.54) is 30.3 Å². The Balaban J connectivity index is 1.44. The van der Waals surface area contributed by atoms with Gasteiger partial charge in [-0.25, -0.2) is 4.39 Å². The monoisotopic (exact) mass is 475 g/mol. The van der Waals surface area contributed by atoms with Crippen LogP contribution in [0.2, 0.25) is 0 Å². The zero-order chi connectivity index (χ0) is 24.1. The molecule has 1 aliphatic rings. The second-order valence-corrected chi connectivity index (χ2v) is 7.59. The number of nitrogens with one attached hydrogen (secondary N) is 2. The Labute approximate surface area is 199 Å². The molecule has 0 aromatic heterocycles. The Bertz CT molecular complexity index is 1280. The third-order valence-corrected chi connectivity index (χ3v) is 5.09. The molecule has 0 atom stereocenters. The van der Waals surface area contributed by atoms with Crippen molar-refractivity contribution in [3.05, 3.63) is 95.8 Å². The molecule has 0 saturated carbocycles. The number of thiocarbonyl (C=S) groups is 1. The zero-order valence-electron chi connectivity index (χ0n) is 17.7. The van der Waals surface area contributed by atoms with Crippen molar-refractivity contribution < 1.29 is 23.5 Å². The highest BCUT2D eigenvalue weighted by Gasteiger charge is 2.34. The largest absolute Gasteiger partial charge is 0.484 e. The van der Waals surface area contributed by atoms with Gasteiger partial charge in [0.2, 0.25) is 0 Å². The first-order valence-electron chi connectivity index (χ1n) is 10.2. The number of benzene rings is 3. The van der Waals surface area contributed by atoms with Gasteiger partial charge in [-0.1, -0.05) is 30.3 Å². The highest BCUT2D eigenvalue weighted by molar-refractivity contribution is 7.80. The van der Waals surface area contributed by atoms with Crippen LogP contribution < -0.4 is 20.3 Å². The van der Waals surface area contributed by atoms with E-state index < -0.39 is 17.6 Å². The Morgan fingerprint density at radius 3 is 2.35 bits per heavy atom. The number of hydrogen-bond acceptors (Lipinski definition) is 5. The number of carbonyl (C=O) groups excluding carboxylic acids is 3. The molecule has 0 spiro atoms. The van der Waals surface area contributed by atoms with E-state index in [2.05, 4.69) is 10.6 Å². The molecule has 0 radical (unpaired) electrons. The van der Waals surface area contributed by atoms with Crippen LogP contribution in [0.1, 0.15) is 5.56 Å². The summed E-state index contributed by atoms with van der Waals surface area (Å²) in [4.78, 5) is 38.5. The number of hydrogen-bond donors (Lipinski definition) is 2. The topological polar surface area (TPSA) is 87.7 Å². The lowest BCUT2D eigenvalue weighted by molar-refractivity contribution is -0.122. The molecule has 170 valence electrons. The van der Waals surface area contributed by atoms with Crippen LogP contribution >= 0.6 is 12.2 Å². The maximum Gasteiger partial charge on any atom is 0.270 e. The molecule has 1 saturated heterocycles. The highest BCUT2D eigenvalue weighted by Crippen LogP contribution is 2.23. The van der Waals surface area contributed by atoms with E-state index in [1.807, 2.05) is 18.2 Å². The van der Waals surface area contributed by atoms with Crippen molar-refractivity contribution >= 4 is 52.5 Å².